The van der Waals surface area contributed by atoms with Gasteiger partial charge in [0.25, 0.3) is 0 Å². The molecular formula is C15H26N2O2S. The zero-order chi connectivity index (χ0) is 14.6. The van der Waals surface area contributed by atoms with Crippen LogP contribution in [0.2, 0.25) is 0 Å². The van der Waals surface area contributed by atoms with Crippen LogP contribution in [0.1, 0.15) is 64.0 Å². The van der Waals surface area contributed by atoms with Gasteiger partial charge in [0.2, 0.25) is 0 Å². The number of carbonyl (C=O) groups is 1. The SMILES string of the molecule is CCCCCCCCCCNc1nc(CC(=O)O)cs1. The second-order valence-electron chi connectivity index (χ2n) is 5.12. The van der Waals surface area contributed by atoms with Crippen molar-refractivity contribution in [1.29, 1.82) is 0 Å². The molecule has 2 N–H and O–H groups in total. The van der Waals surface area contributed by atoms with E-state index >= 15 is 0 Å². The lowest BCUT2D eigenvalue weighted by molar-refractivity contribution is -0.136. The third kappa shape index (κ3) is 8.15. The molecule has 20 heavy (non-hydrogen) atoms. The first-order chi connectivity index (χ1) is 9.72. The van der Waals surface area contributed by atoms with Crippen molar-refractivity contribution in [1.82, 2.24) is 4.98 Å². The summed E-state index contributed by atoms with van der Waals surface area (Å²) >= 11 is 1.48. The van der Waals surface area contributed by atoms with Crippen LogP contribution in [-0.4, -0.2) is 22.6 Å². The van der Waals surface area contributed by atoms with Crippen molar-refractivity contribution >= 4 is 22.4 Å². The van der Waals surface area contributed by atoms with Crippen molar-refractivity contribution in [2.45, 2.75) is 64.7 Å². The maximum atomic E-state index is 10.5. The highest BCUT2D eigenvalue weighted by Crippen LogP contribution is 2.16. The molecule has 0 bridgehead atoms. The van der Waals surface area contributed by atoms with Gasteiger partial charge in [0.1, 0.15) is 0 Å². The maximum absolute atomic E-state index is 10.5. The summed E-state index contributed by atoms with van der Waals surface area (Å²) in [7, 11) is 0. The lowest BCUT2D eigenvalue weighted by Gasteiger charge is -2.03. The molecule has 0 unspecified atom stereocenters. The molecule has 0 radical (unpaired) electrons. The van der Waals surface area contributed by atoms with Crippen molar-refractivity contribution in [3.05, 3.63) is 11.1 Å². The first kappa shape index (κ1) is 17.0. The number of thiazole rings is 1. The van der Waals surface area contributed by atoms with E-state index in [1.807, 2.05) is 5.38 Å². The summed E-state index contributed by atoms with van der Waals surface area (Å²) in [6.07, 6.45) is 10.5. The summed E-state index contributed by atoms with van der Waals surface area (Å²) in [5.74, 6) is -0.829. The van der Waals surface area contributed by atoms with Crippen LogP contribution >= 0.6 is 11.3 Å². The smallest absolute Gasteiger partial charge is 0.309 e. The Bertz CT molecular complexity index is 380. The number of nitrogens with zero attached hydrogens (tertiary/aromatic N) is 1. The van der Waals surface area contributed by atoms with Crippen molar-refractivity contribution in [2.24, 2.45) is 0 Å². The van der Waals surface area contributed by atoms with E-state index in [1.165, 1.54) is 56.3 Å². The number of anilines is 1. The molecule has 0 atom stereocenters. The molecule has 0 aliphatic heterocycles. The molecule has 1 rings (SSSR count). The van der Waals surface area contributed by atoms with Crippen LogP contribution in [0, 0.1) is 0 Å². The zero-order valence-electron chi connectivity index (χ0n) is 12.4. The van der Waals surface area contributed by atoms with E-state index in [-0.39, 0.29) is 6.42 Å². The molecule has 0 saturated carbocycles. The molecule has 5 heteroatoms. The number of carboxylic acid groups (broad SMARTS) is 1. The van der Waals surface area contributed by atoms with Gasteiger partial charge in [-0.1, -0.05) is 51.9 Å². The van der Waals surface area contributed by atoms with Gasteiger partial charge in [-0.05, 0) is 6.42 Å². The Kier molecular flexibility index (Phi) is 9.04. The number of carboxylic acids is 1. The van der Waals surface area contributed by atoms with E-state index in [4.69, 9.17) is 5.11 Å². The fourth-order valence-electron chi connectivity index (χ4n) is 2.08. The van der Waals surface area contributed by atoms with Gasteiger partial charge >= 0.3 is 5.97 Å². The second-order valence-corrected chi connectivity index (χ2v) is 5.97. The Morgan fingerprint density at radius 3 is 2.50 bits per heavy atom. The third-order valence-electron chi connectivity index (χ3n) is 3.19. The molecule has 0 amide bonds. The summed E-state index contributed by atoms with van der Waals surface area (Å²) in [6.45, 7) is 3.17. The summed E-state index contributed by atoms with van der Waals surface area (Å²) in [6, 6.07) is 0. The van der Waals surface area contributed by atoms with E-state index in [0.717, 1.165) is 18.1 Å². The Hall–Kier alpha value is -1.10. The predicted molar refractivity (Wildman–Crippen MR) is 84.6 cm³/mol. The van der Waals surface area contributed by atoms with Gasteiger partial charge in [0.05, 0.1) is 12.1 Å². The second kappa shape index (κ2) is 10.7. The van der Waals surface area contributed by atoms with Crippen molar-refractivity contribution < 1.29 is 9.90 Å². The first-order valence-electron chi connectivity index (χ1n) is 7.62. The van der Waals surface area contributed by atoms with Crippen LogP contribution in [0.4, 0.5) is 5.13 Å². The molecule has 0 aliphatic carbocycles. The average Bonchev–Trinajstić information content (AvgIpc) is 2.83. The molecule has 114 valence electrons. The van der Waals surface area contributed by atoms with E-state index in [1.54, 1.807) is 0 Å². The molecule has 0 spiro atoms. The highest BCUT2D eigenvalue weighted by molar-refractivity contribution is 7.13. The lowest BCUT2D eigenvalue weighted by Crippen LogP contribution is -2.03. The first-order valence-corrected chi connectivity index (χ1v) is 8.50. The molecule has 0 aromatic carbocycles. The Labute approximate surface area is 125 Å². The van der Waals surface area contributed by atoms with Crippen LogP contribution in [0.15, 0.2) is 5.38 Å². The van der Waals surface area contributed by atoms with Crippen LogP contribution in [0.25, 0.3) is 0 Å². The van der Waals surface area contributed by atoms with Gasteiger partial charge in [0.15, 0.2) is 5.13 Å². The van der Waals surface area contributed by atoms with E-state index in [9.17, 15) is 4.79 Å². The largest absolute Gasteiger partial charge is 0.481 e. The van der Waals surface area contributed by atoms with Crippen molar-refractivity contribution in [3.8, 4) is 0 Å². The average molecular weight is 298 g/mol. The highest BCUT2D eigenvalue weighted by atomic mass is 32.1. The Morgan fingerprint density at radius 1 is 1.20 bits per heavy atom. The maximum Gasteiger partial charge on any atom is 0.309 e. The van der Waals surface area contributed by atoms with Crippen molar-refractivity contribution in [2.75, 3.05) is 11.9 Å². The van der Waals surface area contributed by atoms with E-state index < -0.39 is 5.97 Å². The van der Waals surface area contributed by atoms with Gasteiger partial charge in [-0.25, -0.2) is 4.98 Å². The topological polar surface area (TPSA) is 62.2 Å². The third-order valence-corrected chi connectivity index (χ3v) is 4.04. The van der Waals surface area contributed by atoms with Crippen LogP contribution in [0.5, 0.6) is 0 Å². The minimum Gasteiger partial charge on any atom is -0.481 e. The standard InChI is InChI=1S/C15H26N2O2S/c1-2-3-4-5-6-7-8-9-10-16-15-17-13(12-20-15)11-14(18)19/h12H,2-11H2,1H3,(H,16,17)(H,18,19). The number of nitrogens with one attached hydrogen (secondary N) is 1. The number of hydrogen-bond donors (Lipinski definition) is 2. The molecule has 0 aliphatic rings. The minimum absolute atomic E-state index is 0.00986. The Morgan fingerprint density at radius 2 is 1.85 bits per heavy atom. The number of unbranched alkanes of at least 4 members (excludes halogenated alkanes) is 7. The summed E-state index contributed by atoms with van der Waals surface area (Å²) in [5.41, 5.74) is 0.640. The summed E-state index contributed by atoms with van der Waals surface area (Å²) in [4.78, 5) is 14.8. The molecular weight excluding hydrogens is 272 g/mol. The number of aliphatic carboxylic acids is 1. The van der Waals surface area contributed by atoms with Gasteiger partial charge in [-0.3, -0.25) is 4.79 Å². The quantitative estimate of drug-likeness (QED) is 0.564. The van der Waals surface area contributed by atoms with Crippen LogP contribution in [0.3, 0.4) is 0 Å². The van der Waals surface area contributed by atoms with Crippen LogP contribution < -0.4 is 5.32 Å². The highest BCUT2D eigenvalue weighted by Gasteiger charge is 2.05. The van der Waals surface area contributed by atoms with Gasteiger partial charge in [-0.15, -0.1) is 11.3 Å². The molecule has 1 heterocycles. The van der Waals surface area contributed by atoms with E-state index in [2.05, 4.69) is 17.2 Å². The predicted octanol–water partition coefficient (Wildman–Crippen LogP) is 4.32. The van der Waals surface area contributed by atoms with Gasteiger partial charge in [0, 0.05) is 11.9 Å². The fraction of sp³-hybridized carbons (Fsp3) is 0.733. The fourth-order valence-corrected chi connectivity index (χ4v) is 2.82. The monoisotopic (exact) mass is 298 g/mol. The number of aromatic nitrogens is 1. The minimum atomic E-state index is -0.829. The molecule has 1 aromatic rings. The summed E-state index contributed by atoms with van der Waals surface area (Å²) < 4.78 is 0. The lowest BCUT2D eigenvalue weighted by atomic mass is 10.1. The zero-order valence-corrected chi connectivity index (χ0v) is 13.2. The molecule has 4 nitrogen and oxygen atoms in total. The Balaban J connectivity index is 1.98. The number of hydrogen-bond acceptors (Lipinski definition) is 4. The normalized spacial score (nSPS) is 10.7. The van der Waals surface area contributed by atoms with Gasteiger partial charge < -0.3 is 10.4 Å². The molecule has 1 aromatic heterocycles. The van der Waals surface area contributed by atoms with E-state index in [0.29, 0.717) is 5.69 Å². The van der Waals surface area contributed by atoms with Gasteiger partial charge in [-0.2, -0.15) is 0 Å². The molecule has 0 fully saturated rings. The van der Waals surface area contributed by atoms with Crippen molar-refractivity contribution in [3.63, 3.8) is 0 Å². The molecule has 0 saturated heterocycles. The van der Waals surface area contributed by atoms with Crippen LogP contribution in [-0.2, 0) is 11.2 Å². The number of rotatable bonds is 12. The summed E-state index contributed by atoms with van der Waals surface area (Å²) in [5, 5.41) is 14.6.